The Balaban J connectivity index is 1.27. The number of carbonyl (C=O) groups excluding carboxylic acids is 1. The zero-order valence-corrected chi connectivity index (χ0v) is 21.2. The minimum Gasteiger partial charge on any atom is -0.451 e. The number of aromatic nitrogens is 4. The number of hydrogen-bond acceptors (Lipinski definition) is 9. The lowest BCUT2D eigenvalue weighted by molar-refractivity contribution is -0.384. The molecule has 0 aliphatic carbocycles. The normalized spacial score (nSPS) is 11.0. The molecule has 0 saturated heterocycles. The molecule has 37 heavy (non-hydrogen) atoms. The van der Waals surface area contributed by atoms with Crippen LogP contribution >= 0.6 is 23.6 Å². The number of aryl methyl sites for hydroxylation is 2. The van der Waals surface area contributed by atoms with Gasteiger partial charge < -0.3 is 9.73 Å². The number of nitro groups is 1. The van der Waals surface area contributed by atoms with Gasteiger partial charge in [0, 0.05) is 23.7 Å². The zero-order valence-electron chi connectivity index (χ0n) is 19.6. The maximum absolute atomic E-state index is 12.7. The van der Waals surface area contributed by atoms with E-state index in [4.69, 9.17) is 16.6 Å². The number of rotatable bonds is 6. The van der Waals surface area contributed by atoms with E-state index >= 15 is 0 Å². The lowest BCUT2D eigenvalue weighted by atomic mass is 10.1. The number of amides is 1. The van der Waals surface area contributed by atoms with Crippen molar-refractivity contribution in [1.29, 1.82) is 0 Å². The Morgan fingerprint density at radius 1 is 1.19 bits per heavy atom. The number of nitro benzene ring substituents is 1. The molecular weight excluding hydrogens is 514 g/mol. The summed E-state index contributed by atoms with van der Waals surface area (Å²) in [5.74, 6) is 0.403. The first kappa shape index (κ1) is 24.2. The second-order valence-electron chi connectivity index (χ2n) is 7.95. The van der Waals surface area contributed by atoms with Gasteiger partial charge in [0.15, 0.2) is 16.7 Å². The Bertz CT molecular complexity index is 1670. The summed E-state index contributed by atoms with van der Waals surface area (Å²) in [5, 5.41) is 30.7. The fourth-order valence-corrected chi connectivity index (χ4v) is 4.75. The van der Waals surface area contributed by atoms with Gasteiger partial charge in [-0.1, -0.05) is 30.4 Å². The molecule has 13 heteroatoms. The molecule has 5 rings (SSSR count). The smallest absolute Gasteiger partial charge is 0.293 e. The van der Waals surface area contributed by atoms with E-state index in [0.717, 1.165) is 33.3 Å². The molecule has 0 bridgehead atoms. The van der Waals surface area contributed by atoms with Crippen LogP contribution < -0.4 is 10.6 Å². The van der Waals surface area contributed by atoms with Crippen molar-refractivity contribution in [2.24, 2.45) is 0 Å². The minimum atomic E-state index is -0.580. The zero-order chi connectivity index (χ0) is 26.1. The third kappa shape index (κ3) is 4.81. The maximum Gasteiger partial charge on any atom is 0.293 e. The average molecular weight is 534 g/mol. The second-order valence-corrected chi connectivity index (χ2v) is 9.31. The molecule has 0 saturated carbocycles. The van der Waals surface area contributed by atoms with Gasteiger partial charge in [-0.25, -0.2) is 0 Å². The molecule has 0 aliphatic heterocycles. The quantitative estimate of drug-likeness (QED) is 0.175. The number of hydrogen-bond donors (Lipinski definition) is 2. The van der Waals surface area contributed by atoms with Gasteiger partial charge in [-0.05, 0) is 61.1 Å². The summed E-state index contributed by atoms with van der Waals surface area (Å²) >= 11 is 6.76. The van der Waals surface area contributed by atoms with Gasteiger partial charge >= 0.3 is 0 Å². The van der Waals surface area contributed by atoms with Crippen LogP contribution in [-0.2, 0) is 6.42 Å². The van der Waals surface area contributed by atoms with Crippen LogP contribution in [0.4, 0.5) is 11.4 Å². The van der Waals surface area contributed by atoms with E-state index in [9.17, 15) is 14.9 Å². The molecule has 2 N–H and O–H groups in total. The first-order valence-electron chi connectivity index (χ1n) is 11.1. The van der Waals surface area contributed by atoms with Gasteiger partial charge in [0.1, 0.15) is 10.8 Å². The Morgan fingerprint density at radius 3 is 2.76 bits per heavy atom. The molecule has 0 fully saturated rings. The monoisotopic (exact) mass is 533 g/mol. The summed E-state index contributed by atoms with van der Waals surface area (Å²) in [6.07, 6.45) is 0.737. The molecule has 5 aromatic rings. The van der Waals surface area contributed by atoms with Crippen LogP contribution in [0.2, 0.25) is 0 Å². The number of benzene rings is 2. The van der Waals surface area contributed by atoms with E-state index in [0.29, 0.717) is 5.69 Å². The third-order valence-corrected chi connectivity index (χ3v) is 6.67. The Labute approximate surface area is 219 Å². The van der Waals surface area contributed by atoms with Crippen molar-refractivity contribution in [2.45, 2.75) is 20.3 Å². The fraction of sp³-hybridized carbons (Fsp3) is 0.125. The molecule has 3 heterocycles. The van der Waals surface area contributed by atoms with Gasteiger partial charge in [-0.2, -0.15) is 9.61 Å². The van der Waals surface area contributed by atoms with Crippen LogP contribution in [0.5, 0.6) is 0 Å². The SMILES string of the molecule is CCc1nnc2sc(-c3ccc(NC(=S)NC(=O)c4ccc(-c5ccccc5[N+](=O)[O-])o4)c(C)c3)nn12. The summed E-state index contributed by atoms with van der Waals surface area (Å²) < 4.78 is 7.33. The Hall–Kier alpha value is -4.49. The van der Waals surface area contributed by atoms with Crippen LogP contribution in [0.1, 0.15) is 28.9 Å². The van der Waals surface area contributed by atoms with Crippen LogP contribution in [-0.4, -0.2) is 35.8 Å². The summed E-state index contributed by atoms with van der Waals surface area (Å²) in [4.78, 5) is 24.2. The predicted molar refractivity (Wildman–Crippen MR) is 143 cm³/mol. The number of thiocarbonyl (C=S) groups is 1. The van der Waals surface area contributed by atoms with Crippen molar-refractivity contribution in [2.75, 3.05) is 5.32 Å². The van der Waals surface area contributed by atoms with Gasteiger partial charge in [-0.15, -0.1) is 10.2 Å². The summed E-state index contributed by atoms with van der Waals surface area (Å²) in [6.45, 7) is 3.92. The summed E-state index contributed by atoms with van der Waals surface area (Å²) in [6, 6.07) is 14.8. The number of carbonyl (C=O) groups is 1. The average Bonchev–Trinajstić information content (AvgIpc) is 3.61. The highest BCUT2D eigenvalue weighted by atomic mass is 32.1. The van der Waals surface area contributed by atoms with Crippen molar-refractivity contribution in [1.82, 2.24) is 25.1 Å². The third-order valence-electron chi connectivity index (χ3n) is 5.52. The van der Waals surface area contributed by atoms with Crippen LogP contribution in [0, 0.1) is 17.0 Å². The lowest BCUT2D eigenvalue weighted by Gasteiger charge is -2.12. The highest BCUT2D eigenvalue weighted by molar-refractivity contribution is 7.80. The molecule has 3 aromatic heterocycles. The molecule has 0 spiro atoms. The molecule has 11 nitrogen and oxygen atoms in total. The van der Waals surface area contributed by atoms with Gasteiger partial charge in [-0.3, -0.25) is 20.2 Å². The van der Waals surface area contributed by atoms with Crippen LogP contribution in [0.3, 0.4) is 0 Å². The molecule has 186 valence electrons. The number of anilines is 1. The number of nitrogens with zero attached hydrogens (tertiary/aromatic N) is 5. The van der Waals surface area contributed by atoms with E-state index in [2.05, 4.69) is 25.9 Å². The number of furan rings is 1. The number of nitrogens with one attached hydrogen (secondary N) is 2. The standard InChI is InChI=1S/C24H19N7O4S2/c1-3-20-27-28-24-30(20)29-22(37-24)14-8-9-16(13(2)12-14)25-23(36)26-21(32)19-11-10-18(35-19)15-6-4-5-7-17(15)31(33)34/h4-12H,3H2,1-2H3,(H2,25,26,32,36). The molecule has 1 amide bonds. The number of para-hydroxylation sites is 1. The van der Waals surface area contributed by atoms with Crippen LogP contribution in [0.25, 0.3) is 26.9 Å². The van der Waals surface area contributed by atoms with Crippen molar-refractivity contribution in [3.63, 3.8) is 0 Å². The number of fused-ring (bicyclic) bond motifs is 1. The van der Waals surface area contributed by atoms with E-state index in [1.54, 1.807) is 22.7 Å². The lowest BCUT2D eigenvalue weighted by Crippen LogP contribution is -2.34. The molecule has 2 aromatic carbocycles. The van der Waals surface area contributed by atoms with Gasteiger partial charge in [0.2, 0.25) is 4.96 Å². The minimum absolute atomic E-state index is 0.0286. The molecule has 0 atom stereocenters. The first-order chi connectivity index (χ1) is 17.8. The van der Waals surface area contributed by atoms with Gasteiger partial charge in [0.05, 0.1) is 10.5 Å². The van der Waals surface area contributed by atoms with Crippen molar-refractivity contribution >= 4 is 50.9 Å². The molecule has 0 unspecified atom stereocenters. The highest BCUT2D eigenvalue weighted by Crippen LogP contribution is 2.31. The van der Waals surface area contributed by atoms with Gasteiger partial charge in [0.25, 0.3) is 11.6 Å². The van der Waals surface area contributed by atoms with Crippen molar-refractivity contribution in [3.8, 4) is 21.9 Å². The second kappa shape index (κ2) is 9.87. The Morgan fingerprint density at radius 2 is 2.00 bits per heavy atom. The largest absolute Gasteiger partial charge is 0.451 e. The van der Waals surface area contributed by atoms with Crippen molar-refractivity contribution in [3.05, 3.63) is 81.9 Å². The molecule has 0 radical (unpaired) electrons. The Kier molecular flexibility index (Phi) is 6.46. The summed E-state index contributed by atoms with van der Waals surface area (Å²) in [7, 11) is 0. The first-order valence-corrected chi connectivity index (χ1v) is 12.3. The van der Waals surface area contributed by atoms with E-state index in [-0.39, 0.29) is 27.9 Å². The topological polar surface area (TPSA) is 140 Å². The molecule has 0 aliphatic rings. The van der Waals surface area contributed by atoms with E-state index in [1.165, 1.54) is 29.5 Å². The van der Waals surface area contributed by atoms with E-state index < -0.39 is 10.8 Å². The van der Waals surface area contributed by atoms with Crippen molar-refractivity contribution < 1.29 is 14.1 Å². The summed E-state index contributed by atoms with van der Waals surface area (Å²) in [5.41, 5.74) is 2.69. The van der Waals surface area contributed by atoms with E-state index in [1.807, 2.05) is 32.0 Å². The predicted octanol–water partition coefficient (Wildman–Crippen LogP) is 5.02. The fourth-order valence-electron chi connectivity index (χ4n) is 3.70. The van der Waals surface area contributed by atoms with Crippen LogP contribution in [0.15, 0.2) is 59.0 Å². The maximum atomic E-state index is 12.7. The highest BCUT2D eigenvalue weighted by Gasteiger charge is 2.20. The molecular formula is C24H19N7O4S2.